The third kappa shape index (κ3) is 3.92. The van der Waals surface area contributed by atoms with Crippen LogP contribution >= 0.6 is 11.3 Å². The third-order valence-electron chi connectivity index (χ3n) is 2.90. The number of rotatable bonds is 5. The standard InChI is InChI=1S/C14H19N3OS/c1-10-6-12(3)17(16-10)8-11(2)15-14(18)7-13-4-5-19-9-13/h4-6,9,11H,7-8H2,1-3H3,(H,15,18)/t11-/m0/s1. The molecular formula is C14H19N3OS. The highest BCUT2D eigenvalue weighted by molar-refractivity contribution is 7.07. The number of aromatic nitrogens is 2. The second-order valence-electron chi connectivity index (χ2n) is 4.89. The molecule has 5 heteroatoms. The molecule has 0 aliphatic carbocycles. The lowest BCUT2D eigenvalue weighted by molar-refractivity contribution is -0.121. The maximum absolute atomic E-state index is 11.9. The van der Waals surface area contributed by atoms with Crippen LogP contribution in [0, 0.1) is 13.8 Å². The van der Waals surface area contributed by atoms with Crippen LogP contribution in [0.2, 0.25) is 0 Å². The Balaban J connectivity index is 1.85. The van der Waals surface area contributed by atoms with Crippen molar-refractivity contribution < 1.29 is 4.79 Å². The fraction of sp³-hybridized carbons (Fsp3) is 0.429. The first-order valence-corrected chi connectivity index (χ1v) is 7.30. The Bertz CT molecular complexity index is 545. The minimum absolute atomic E-state index is 0.0624. The number of thiophene rings is 1. The molecule has 1 atom stereocenters. The quantitative estimate of drug-likeness (QED) is 0.911. The smallest absolute Gasteiger partial charge is 0.224 e. The summed E-state index contributed by atoms with van der Waals surface area (Å²) in [5.74, 6) is 0.0624. The van der Waals surface area contributed by atoms with E-state index in [1.54, 1.807) is 11.3 Å². The number of hydrogen-bond donors (Lipinski definition) is 1. The van der Waals surface area contributed by atoms with E-state index >= 15 is 0 Å². The molecule has 0 saturated heterocycles. The van der Waals surface area contributed by atoms with Crippen LogP contribution in [-0.4, -0.2) is 21.7 Å². The molecule has 2 rings (SSSR count). The van der Waals surface area contributed by atoms with Gasteiger partial charge in [-0.25, -0.2) is 0 Å². The molecule has 2 heterocycles. The van der Waals surface area contributed by atoms with E-state index in [0.717, 1.165) is 17.0 Å². The summed E-state index contributed by atoms with van der Waals surface area (Å²) in [6, 6.07) is 4.10. The van der Waals surface area contributed by atoms with Gasteiger partial charge in [0.1, 0.15) is 0 Å². The van der Waals surface area contributed by atoms with Crippen LogP contribution in [0.1, 0.15) is 23.9 Å². The molecule has 0 fully saturated rings. The predicted molar refractivity (Wildman–Crippen MR) is 77.3 cm³/mol. The van der Waals surface area contributed by atoms with E-state index < -0.39 is 0 Å². The van der Waals surface area contributed by atoms with E-state index in [2.05, 4.69) is 10.4 Å². The number of hydrogen-bond acceptors (Lipinski definition) is 3. The van der Waals surface area contributed by atoms with Crippen molar-refractivity contribution in [2.24, 2.45) is 0 Å². The van der Waals surface area contributed by atoms with Crippen LogP contribution in [0.3, 0.4) is 0 Å². The highest BCUT2D eigenvalue weighted by Gasteiger charge is 2.10. The SMILES string of the molecule is Cc1cc(C)n(C[C@H](C)NC(=O)Cc2ccsc2)n1. The second-order valence-corrected chi connectivity index (χ2v) is 5.67. The molecule has 2 aromatic heterocycles. The minimum Gasteiger partial charge on any atom is -0.351 e. The largest absolute Gasteiger partial charge is 0.351 e. The van der Waals surface area contributed by atoms with Crippen LogP contribution in [-0.2, 0) is 17.8 Å². The van der Waals surface area contributed by atoms with Crippen molar-refractivity contribution in [1.29, 1.82) is 0 Å². The van der Waals surface area contributed by atoms with E-state index in [-0.39, 0.29) is 11.9 Å². The summed E-state index contributed by atoms with van der Waals surface area (Å²) >= 11 is 1.61. The van der Waals surface area contributed by atoms with Gasteiger partial charge in [0.25, 0.3) is 0 Å². The highest BCUT2D eigenvalue weighted by Crippen LogP contribution is 2.07. The first-order valence-electron chi connectivity index (χ1n) is 6.36. The molecule has 102 valence electrons. The molecule has 1 N–H and O–H groups in total. The first-order chi connectivity index (χ1) is 9.04. The van der Waals surface area contributed by atoms with E-state index in [1.165, 1.54) is 0 Å². The van der Waals surface area contributed by atoms with Crippen LogP contribution < -0.4 is 5.32 Å². The molecule has 2 aromatic rings. The van der Waals surface area contributed by atoms with Crippen molar-refractivity contribution in [3.63, 3.8) is 0 Å². The van der Waals surface area contributed by atoms with Gasteiger partial charge in [0.05, 0.1) is 18.7 Å². The van der Waals surface area contributed by atoms with E-state index in [1.807, 2.05) is 48.3 Å². The van der Waals surface area contributed by atoms with Crippen molar-refractivity contribution in [3.05, 3.63) is 39.8 Å². The third-order valence-corrected chi connectivity index (χ3v) is 3.63. The molecule has 1 amide bonds. The van der Waals surface area contributed by atoms with Crippen molar-refractivity contribution in [2.75, 3.05) is 0 Å². The molecule has 0 spiro atoms. The van der Waals surface area contributed by atoms with Gasteiger partial charge >= 0.3 is 0 Å². The summed E-state index contributed by atoms with van der Waals surface area (Å²) in [6.45, 7) is 6.71. The summed E-state index contributed by atoms with van der Waals surface area (Å²) in [6.07, 6.45) is 0.449. The van der Waals surface area contributed by atoms with Gasteiger partial charge in [0.2, 0.25) is 5.91 Å². The van der Waals surface area contributed by atoms with Gasteiger partial charge in [-0.05, 0) is 49.2 Å². The van der Waals surface area contributed by atoms with Crippen LogP contribution in [0.25, 0.3) is 0 Å². The van der Waals surface area contributed by atoms with Gasteiger partial charge < -0.3 is 5.32 Å². The molecular weight excluding hydrogens is 258 g/mol. The number of carbonyl (C=O) groups excluding carboxylic acids is 1. The fourth-order valence-corrected chi connectivity index (χ4v) is 2.74. The summed E-state index contributed by atoms with van der Waals surface area (Å²) in [4.78, 5) is 11.9. The van der Waals surface area contributed by atoms with Gasteiger partial charge in [0.15, 0.2) is 0 Å². The zero-order valence-corrected chi connectivity index (χ0v) is 12.3. The summed E-state index contributed by atoms with van der Waals surface area (Å²) in [5, 5.41) is 11.4. The topological polar surface area (TPSA) is 46.9 Å². The molecule has 0 aliphatic rings. The summed E-state index contributed by atoms with van der Waals surface area (Å²) in [5.41, 5.74) is 3.20. The van der Waals surface area contributed by atoms with Gasteiger partial charge in [-0.3, -0.25) is 9.48 Å². The molecule has 4 nitrogen and oxygen atoms in total. The zero-order valence-electron chi connectivity index (χ0n) is 11.5. The zero-order chi connectivity index (χ0) is 13.8. The number of amides is 1. The molecule has 0 radical (unpaired) electrons. The lowest BCUT2D eigenvalue weighted by Gasteiger charge is -2.14. The molecule has 0 aliphatic heterocycles. The molecule has 19 heavy (non-hydrogen) atoms. The Hall–Kier alpha value is -1.62. The van der Waals surface area contributed by atoms with Crippen LogP contribution in [0.4, 0.5) is 0 Å². The number of aryl methyl sites for hydroxylation is 2. The second kappa shape index (κ2) is 6.02. The summed E-state index contributed by atoms with van der Waals surface area (Å²) in [7, 11) is 0. The minimum atomic E-state index is 0.0624. The van der Waals surface area contributed by atoms with E-state index in [0.29, 0.717) is 13.0 Å². The lowest BCUT2D eigenvalue weighted by atomic mass is 10.2. The van der Waals surface area contributed by atoms with Gasteiger partial charge in [-0.2, -0.15) is 16.4 Å². The predicted octanol–water partition coefficient (Wildman–Crippen LogP) is 2.31. The number of carbonyl (C=O) groups is 1. The fourth-order valence-electron chi connectivity index (χ4n) is 2.07. The van der Waals surface area contributed by atoms with Crippen LogP contribution in [0.15, 0.2) is 22.9 Å². The molecule has 0 unspecified atom stereocenters. The lowest BCUT2D eigenvalue weighted by Crippen LogP contribution is -2.37. The van der Waals surface area contributed by atoms with Gasteiger partial charge in [-0.15, -0.1) is 0 Å². The normalized spacial score (nSPS) is 12.4. The Morgan fingerprint density at radius 2 is 2.32 bits per heavy atom. The van der Waals surface area contributed by atoms with E-state index in [4.69, 9.17) is 0 Å². The Morgan fingerprint density at radius 1 is 1.53 bits per heavy atom. The first kappa shape index (κ1) is 13.8. The van der Waals surface area contributed by atoms with Gasteiger partial charge in [-0.1, -0.05) is 0 Å². The number of nitrogens with zero attached hydrogens (tertiary/aromatic N) is 2. The molecule has 0 aromatic carbocycles. The van der Waals surface area contributed by atoms with Crippen LogP contribution in [0.5, 0.6) is 0 Å². The Kier molecular flexibility index (Phi) is 4.37. The highest BCUT2D eigenvalue weighted by atomic mass is 32.1. The van der Waals surface area contributed by atoms with Crippen molar-refractivity contribution in [1.82, 2.24) is 15.1 Å². The van der Waals surface area contributed by atoms with Gasteiger partial charge in [0, 0.05) is 11.7 Å². The van der Waals surface area contributed by atoms with Crippen molar-refractivity contribution in [2.45, 2.75) is 39.8 Å². The average molecular weight is 277 g/mol. The summed E-state index contributed by atoms with van der Waals surface area (Å²) < 4.78 is 1.94. The monoisotopic (exact) mass is 277 g/mol. The Morgan fingerprint density at radius 3 is 2.89 bits per heavy atom. The Labute approximate surface area is 117 Å². The van der Waals surface area contributed by atoms with Crippen molar-refractivity contribution in [3.8, 4) is 0 Å². The molecule has 0 bridgehead atoms. The van der Waals surface area contributed by atoms with Crippen molar-refractivity contribution >= 4 is 17.2 Å². The number of nitrogens with one attached hydrogen (secondary N) is 1. The van der Waals surface area contributed by atoms with E-state index in [9.17, 15) is 4.79 Å². The maximum atomic E-state index is 11.9. The average Bonchev–Trinajstić information content (AvgIpc) is 2.89. The molecule has 0 saturated carbocycles. The maximum Gasteiger partial charge on any atom is 0.224 e.